The van der Waals surface area contributed by atoms with Crippen LogP contribution in [0.3, 0.4) is 0 Å². The summed E-state index contributed by atoms with van der Waals surface area (Å²) in [6.07, 6.45) is 1.70. The second-order valence-electron chi connectivity index (χ2n) is 5.01. The molecule has 0 radical (unpaired) electrons. The van der Waals surface area contributed by atoms with E-state index in [0.29, 0.717) is 6.42 Å². The molecular weight excluding hydrogens is 226 g/mol. The maximum Gasteiger partial charge on any atom is 0.180 e. The average Bonchev–Trinajstić information content (AvgIpc) is 2.39. The fourth-order valence-electron chi connectivity index (χ4n) is 2.48. The molecule has 1 aromatic carbocycles. The van der Waals surface area contributed by atoms with Gasteiger partial charge in [0, 0.05) is 5.56 Å². The van der Waals surface area contributed by atoms with Gasteiger partial charge in [0.2, 0.25) is 0 Å². The van der Waals surface area contributed by atoms with Gasteiger partial charge in [0.25, 0.3) is 0 Å². The lowest BCUT2D eigenvalue weighted by molar-refractivity contribution is -0.106. The molecule has 0 amide bonds. The minimum atomic E-state index is -0.898. The molecule has 0 heterocycles. The highest BCUT2D eigenvalue weighted by Gasteiger charge is 2.39. The molecule has 18 heavy (non-hydrogen) atoms. The van der Waals surface area contributed by atoms with Crippen molar-refractivity contribution in [1.82, 2.24) is 0 Å². The van der Waals surface area contributed by atoms with E-state index in [1.54, 1.807) is 13.8 Å². The predicted octanol–water partition coefficient (Wildman–Crippen LogP) is 2.53. The summed E-state index contributed by atoms with van der Waals surface area (Å²) < 4.78 is 5.90. The molecule has 3 unspecified atom stereocenters. The summed E-state index contributed by atoms with van der Waals surface area (Å²) in [5, 5.41) is 19.1. The van der Waals surface area contributed by atoms with Crippen molar-refractivity contribution in [2.45, 2.75) is 50.9 Å². The number of ether oxygens (including phenoxy) is 1. The van der Waals surface area contributed by atoms with Crippen LogP contribution in [0.4, 0.5) is 0 Å². The molecule has 1 aliphatic rings. The molecule has 3 heteroatoms. The van der Waals surface area contributed by atoms with Crippen LogP contribution in [0.15, 0.2) is 24.3 Å². The van der Waals surface area contributed by atoms with E-state index in [1.807, 2.05) is 18.2 Å². The maximum absolute atomic E-state index is 9.58. The fourth-order valence-corrected chi connectivity index (χ4v) is 2.48. The Morgan fingerprint density at radius 1 is 1.39 bits per heavy atom. The van der Waals surface area contributed by atoms with Crippen molar-refractivity contribution in [3.05, 3.63) is 35.4 Å². The van der Waals surface area contributed by atoms with Gasteiger partial charge in [-0.1, -0.05) is 24.3 Å². The third-order valence-electron chi connectivity index (χ3n) is 3.67. The molecule has 1 aliphatic carbocycles. The van der Waals surface area contributed by atoms with Gasteiger partial charge in [-0.25, -0.2) is 0 Å². The predicted molar refractivity (Wildman–Crippen MR) is 68.9 cm³/mol. The normalized spacial score (nSPS) is 25.9. The van der Waals surface area contributed by atoms with Crippen LogP contribution < -0.4 is 0 Å². The summed E-state index contributed by atoms with van der Waals surface area (Å²) in [5.41, 5.74) is 1.25. The Kier molecular flexibility index (Phi) is 3.70. The van der Waals surface area contributed by atoms with Crippen molar-refractivity contribution < 1.29 is 9.84 Å². The first-order chi connectivity index (χ1) is 8.59. The number of benzene rings is 1. The molecular formula is C15H19NO2. The van der Waals surface area contributed by atoms with E-state index in [0.717, 1.165) is 18.4 Å². The van der Waals surface area contributed by atoms with Crippen molar-refractivity contribution in [3.63, 3.8) is 0 Å². The van der Waals surface area contributed by atoms with E-state index in [9.17, 15) is 10.4 Å². The molecule has 2 rings (SSSR count). The van der Waals surface area contributed by atoms with Gasteiger partial charge in [-0.3, -0.25) is 0 Å². The highest BCUT2D eigenvalue weighted by Crippen LogP contribution is 2.39. The number of nitrogens with zero attached hydrogens (tertiary/aromatic N) is 1. The topological polar surface area (TPSA) is 53.2 Å². The molecule has 0 bridgehead atoms. The van der Waals surface area contributed by atoms with Gasteiger partial charge >= 0.3 is 0 Å². The molecule has 3 nitrogen and oxygen atoms in total. The zero-order chi connectivity index (χ0) is 13.2. The molecule has 0 spiro atoms. The Hall–Kier alpha value is -1.37. The molecule has 0 fully saturated rings. The summed E-state index contributed by atoms with van der Waals surface area (Å²) in [5.74, 6) is 0. The van der Waals surface area contributed by atoms with Crippen molar-refractivity contribution in [3.8, 4) is 6.07 Å². The average molecular weight is 245 g/mol. The molecule has 1 aromatic rings. The van der Waals surface area contributed by atoms with Gasteiger partial charge in [0.15, 0.2) is 5.60 Å². The summed E-state index contributed by atoms with van der Waals surface area (Å²) in [7, 11) is 0. The van der Waals surface area contributed by atoms with Gasteiger partial charge in [-0.15, -0.1) is 0 Å². The molecule has 1 N–H and O–H groups in total. The number of hydrogen-bond acceptors (Lipinski definition) is 3. The highest BCUT2D eigenvalue weighted by molar-refractivity contribution is 5.39. The summed E-state index contributed by atoms with van der Waals surface area (Å²) in [6, 6.07) is 10.3. The molecule has 3 atom stereocenters. The molecule has 0 aliphatic heterocycles. The van der Waals surface area contributed by atoms with Crippen LogP contribution in [0.5, 0.6) is 0 Å². The number of fused-ring (bicyclic) bond motifs is 1. The van der Waals surface area contributed by atoms with Crippen LogP contribution >= 0.6 is 0 Å². The second kappa shape index (κ2) is 5.09. The number of rotatable bonds is 3. The van der Waals surface area contributed by atoms with Crippen molar-refractivity contribution in [2.75, 3.05) is 0 Å². The smallest absolute Gasteiger partial charge is 0.180 e. The minimum Gasteiger partial charge on any atom is -0.391 e. The van der Waals surface area contributed by atoms with E-state index in [1.165, 1.54) is 5.56 Å². The number of aliphatic hydroxyl groups excluding tert-OH is 1. The maximum atomic E-state index is 9.58. The van der Waals surface area contributed by atoms with Crippen molar-refractivity contribution >= 4 is 0 Å². The van der Waals surface area contributed by atoms with Crippen LogP contribution in [0.25, 0.3) is 0 Å². The Balaban J connectivity index is 2.37. The minimum absolute atomic E-state index is 0.351. The molecule has 0 saturated heterocycles. The summed E-state index contributed by atoms with van der Waals surface area (Å²) in [6.45, 7) is 3.49. The largest absolute Gasteiger partial charge is 0.391 e. The number of hydrogen-bond donors (Lipinski definition) is 1. The van der Waals surface area contributed by atoms with Crippen LogP contribution in [-0.4, -0.2) is 17.3 Å². The van der Waals surface area contributed by atoms with Crippen LogP contribution in [0.1, 0.15) is 37.8 Å². The molecule has 0 aromatic heterocycles. The third kappa shape index (κ3) is 2.27. The number of aliphatic hydroxyl groups is 1. The van der Waals surface area contributed by atoms with Crippen LogP contribution in [0.2, 0.25) is 0 Å². The Morgan fingerprint density at radius 3 is 2.78 bits per heavy atom. The first-order valence-corrected chi connectivity index (χ1v) is 6.44. The summed E-state index contributed by atoms with van der Waals surface area (Å²) in [4.78, 5) is 0. The fraction of sp³-hybridized carbons (Fsp3) is 0.533. The Labute approximate surface area is 108 Å². The standard InChI is InChI=1S/C15H19NO2/c1-11(17)12(2)18-15(10-16)9-5-7-13-6-3-4-8-14(13)15/h3-4,6,8,11-12,17H,5,7,9H2,1-2H3. The lowest BCUT2D eigenvalue weighted by atomic mass is 9.79. The van der Waals surface area contributed by atoms with E-state index < -0.39 is 11.7 Å². The lowest BCUT2D eigenvalue weighted by Crippen LogP contribution is -2.38. The van der Waals surface area contributed by atoms with E-state index in [2.05, 4.69) is 12.1 Å². The first-order valence-electron chi connectivity index (χ1n) is 6.44. The number of aryl methyl sites for hydroxylation is 1. The van der Waals surface area contributed by atoms with Crippen LogP contribution in [-0.2, 0) is 16.8 Å². The van der Waals surface area contributed by atoms with Crippen LogP contribution in [0, 0.1) is 11.3 Å². The third-order valence-corrected chi connectivity index (χ3v) is 3.67. The number of nitriles is 1. The van der Waals surface area contributed by atoms with E-state index in [4.69, 9.17) is 4.74 Å². The lowest BCUT2D eigenvalue weighted by Gasteiger charge is -2.36. The Bertz CT molecular complexity index is 464. The SMILES string of the molecule is CC(O)C(C)OC1(C#N)CCCc2ccccc21. The quantitative estimate of drug-likeness (QED) is 0.890. The zero-order valence-electron chi connectivity index (χ0n) is 10.9. The van der Waals surface area contributed by atoms with E-state index in [-0.39, 0.29) is 6.10 Å². The van der Waals surface area contributed by atoms with Gasteiger partial charge in [0.05, 0.1) is 12.2 Å². The van der Waals surface area contributed by atoms with Gasteiger partial charge < -0.3 is 9.84 Å². The van der Waals surface area contributed by atoms with Gasteiger partial charge in [-0.2, -0.15) is 5.26 Å². The highest BCUT2D eigenvalue weighted by atomic mass is 16.5. The molecule has 0 saturated carbocycles. The van der Waals surface area contributed by atoms with E-state index >= 15 is 0 Å². The zero-order valence-corrected chi connectivity index (χ0v) is 10.9. The summed E-state index contributed by atoms with van der Waals surface area (Å²) >= 11 is 0. The van der Waals surface area contributed by atoms with Gasteiger partial charge in [0.1, 0.15) is 6.07 Å². The van der Waals surface area contributed by atoms with Crippen molar-refractivity contribution in [1.29, 1.82) is 5.26 Å². The van der Waals surface area contributed by atoms with Crippen molar-refractivity contribution in [2.24, 2.45) is 0 Å². The monoisotopic (exact) mass is 245 g/mol. The Morgan fingerprint density at radius 2 is 2.11 bits per heavy atom. The first kappa shape index (κ1) is 13.1. The second-order valence-corrected chi connectivity index (χ2v) is 5.01. The molecule has 96 valence electrons. The van der Waals surface area contributed by atoms with Gasteiger partial charge in [-0.05, 0) is 38.7 Å².